The van der Waals surface area contributed by atoms with Crippen LogP contribution in [0.25, 0.3) is 0 Å². The molecule has 23 heavy (non-hydrogen) atoms. The Hall–Kier alpha value is -2.14. The zero-order chi connectivity index (χ0) is 17.0. The molecule has 5 nitrogen and oxygen atoms in total. The van der Waals surface area contributed by atoms with E-state index in [4.69, 9.17) is 9.47 Å². The fraction of sp³-hybridized carbons (Fsp3) is 0.444. The van der Waals surface area contributed by atoms with E-state index >= 15 is 0 Å². The molecule has 2 amide bonds. The first-order chi connectivity index (χ1) is 10.8. The molecule has 1 aromatic carbocycles. The number of hydrogen-bond donors (Lipinski definition) is 0. The third-order valence-electron chi connectivity index (χ3n) is 3.51. The Balaban J connectivity index is 1.95. The monoisotopic (exact) mass is 317 g/mol. The lowest BCUT2D eigenvalue weighted by molar-refractivity contribution is -0.154. The molecule has 0 radical (unpaired) electrons. The highest BCUT2D eigenvalue weighted by Crippen LogP contribution is 2.30. The number of amides is 2. The Morgan fingerprint density at radius 1 is 1.30 bits per heavy atom. The van der Waals surface area contributed by atoms with Crippen molar-refractivity contribution in [2.24, 2.45) is 5.92 Å². The largest absolute Gasteiger partial charge is 0.443 e. The van der Waals surface area contributed by atoms with Gasteiger partial charge in [0.15, 0.2) is 0 Å². The summed E-state index contributed by atoms with van der Waals surface area (Å²) < 4.78 is 10.9. The van der Waals surface area contributed by atoms with Gasteiger partial charge in [-0.1, -0.05) is 36.4 Å². The van der Waals surface area contributed by atoms with Crippen molar-refractivity contribution < 1.29 is 19.1 Å². The van der Waals surface area contributed by atoms with E-state index in [1.54, 1.807) is 26.8 Å². The summed E-state index contributed by atoms with van der Waals surface area (Å²) in [4.78, 5) is 25.3. The summed E-state index contributed by atoms with van der Waals surface area (Å²) in [6.07, 6.45) is 0.925. The number of nitrogens with zero attached hydrogens (tertiary/aromatic N) is 1. The van der Waals surface area contributed by atoms with E-state index in [1.165, 1.54) is 0 Å². The Kier molecular flexibility index (Phi) is 5.21. The number of carbonyl (C=O) groups is 2. The molecular weight excluding hydrogens is 294 g/mol. The van der Waals surface area contributed by atoms with Gasteiger partial charge >= 0.3 is 6.09 Å². The van der Waals surface area contributed by atoms with Gasteiger partial charge in [0.2, 0.25) is 5.91 Å². The number of likely N-dealkylation sites (tertiary alicyclic amines) is 1. The minimum Gasteiger partial charge on any atom is -0.443 e. The molecule has 2 atom stereocenters. The molecule has 0 aliphatic carbocycles. The van der Waals surface area contributed by atoms with Gasteiger partial charge in [0.1, 0.15) is 5.60 Å². The minimum atomic E-state index is -0.647. The zero-order valence-corrected chi connectivity index (χ0v) is 13.8. The summed E-state index contributed by atoms with van der Waals surface area (Å²) in [5.74, 6) is -0.694. The number of benzene rings is 1. The molecule has 124 valence electrons. The van der Waals surface area contributed by atoms with Crippen LogP contribution in [0.2, 0.25) is 0 Å². The molecule has 0 spiro atoms. The molecule has 2 rings (SSSR count). The van der Waals surface area contributed by atoms with Crippen molar-refractivity contribution in [3.05, 3.63) is 48.6 Å². The van der Waals surface area contributed by atoms with Gasteiger partial charge in [0, 0.05) is 0 Å². The maximum absolute atomic E-state index is 12.1. The fourth-order valence-electron chi connectivity index (χ4n) is 2.41. The summed E-state index contributed by atoms with van der Waals surface area (Å²) >= 11 is 0. The van der Waals surface area contributed by atoms with Gasteiger partial charge in [-0.3, -0.25) is 4.79 Å². The Morgan fingerprint density at radius 2 is 1.96 bits per heavy atom. The van der Waals surface area contributed by atoms with Crippen LogP contribution in [-0.2, 0) is 20.9 Å². The molecule has 0 bridgehead atoms. The first kappa shape index (κ1) is 17.2. The number of ether oxygens (including phenoxy) is 2. The van der Waals surface area contributed by atoms with Gasteiger partial charge in [0.05, 0.1) is 25.2 Å². The van der Waals surface area contributed by atoms with Crippen LogP contribution in [0.4, 0.5) is 4.79 Å². The molecular formula is C18H23NO4. The lowest BCUT2D eigenvalue weighted by atomic mass is 9.88. The van der Waals surface area contributed by atoms with Crippen LogP contribution < -0.4 is 0 Å². The third kappa shape index (κ3) is 4.20. The molecule has 1 saturated heterocycles. The average molecular weight is 317 g/mol. The quantitative estimate of drug-likeness (QED) is 0.618. The first-order valence-corrected chi connectivity index (χ1v) is 7.64. The molecule has 1 aliphatic rings. The van der Waals surface area contributed by atoms with Crippen LogP contribution in [0.5, 0.6) is 0 Å². The van der Waals surface area contributed by atoms with Crippen LogP contribution in [0, 0.1) is 5.92 Å². The number of carbonyl (C=O) groups excluding carboxylic acids is 2. The van der Waals surface area contributed by atoms with Crippen molar-refractivity contribution in [1.29, 1.82) is 0 Å². The summed E-state index contributed by atoms with van der Waals surface area (Å²) in [6, 6.07) is 9.37. The summed E-state index contributed by atoms with van der Waals surface area (Å²) in [7, 11) is 0. The number of hydrogen-bond acceptors (Lipinski definition) is 4. The Bertz CT molecular complexity index is 576. The van der Waals surface area contributed by atoms with Gasteiger partial charge in [-0.15, -0.1) is 6.58 Å². The maximum atomic E-state index is 12.1. The summed E-state index contributed by atoms with van der Waals surface area (Å²) in [5.41, 5.74) is 0.392. The number of imide groups is 1. The molecule has 0 unspecified atom stereocenters. The Morgan fingerprint density at radius 3 is 2.52 bits per heavy atom. The second-order valence-corrected chi connectivity index (χ2v) is 6.52. The van der Waals surface area contributed by atoms with E-state index in [-0.39, 0.29) is 18.6 Å². The van der Waals surface area contributed by atoms with Crippen molar-refractivity contribution in [3.63, 3.8) is 0 Å². The predicted octanol–water partition coefficient (Wildman–Crippen LogP) is 3.15. The molecule has 1 fully saturated rings. The van der Waals surface area contributed by atoms with Crippen LogP contribution in [0.1, 0.15) is 26.3 Å². The normalized spacial score (nSPS) is 20.8. The van der Waals surface area contributed by atoms with Gasteiger partial charge in [-0.2, -0.15) is 0 Å². The number of rotatable bonds is 5. The summed E-state index contributed by atoms with van der Waals surface area (Å²) in [5, 5.41) is 0. The van der Waals surface area contributed by atoms with Crippen molar-refractivity contribution >= 4 is 12.0 Å². The van der Waals surface area contributed by atoms with Crippen LogP contribution in [0.3, 0.4) is 0 Å². The molecule has 1 aliphatic heterocycles. The van der Waals surface area contributed by atoms with Crippen molar-refractivity contribution in [2.75, 3.05) is 6.61 Å². The lowest BCUT2D eigenvalue weighted by Gasteiger charge is -2.44. The van der Waals surface area contributed by atoms with Gasteiger partial charge in [0.25, 0.3) is 0 Å². The highest BCUT2D eigenvalue weighted by molar-refractivity contribution is 6.00. The number of β-lactam (4-membered cyclic amide) rings is 1. The molecule has 1 heterocycles. The molecule has 0 N–H and O–H groups in total. The third-order valence-corrected chi connectivity index (χ3v) is 3.51. The molecule has 5 heteroatoms. The SMILES string of the molecule is C=C[C@H]1C(=O)N(C(=O)OC(C)(C)C)[C@H]1COCc1ccccc1. The topological polar surface area (TPSA) is 55.8 Å². The molecule has 1 aromatic rings. The minimum absolute atomic E-state index is 0.260. The zero-order valence-electron chi connectivity index (χ0n) is 13.8. The molecule has 0 saturated carbocycles. The Labute approximate surface area is 136 Å². The predicted molar refractivity (Wildman–Crippen MR) is 86.7 cm³/mol. The van der Waals surface area contributed by atoms with Crippen LogP contribution in [-0.4, -0.2) is 35.2 Å². The molecule has 0 aromatic heterocycles. The second-order valence-electron chi connectivity index (χ2n) is 6.52. The van der Waals surface area contributed by atoms with Crippen molar-refractivity contribution in [2.45, 2.75) is 39.0 Å². The van der Waals surface area contributed by atoms with Crippen molar-refractivity contribution in [1.82, 2.24) is 4.90 Å². The van der Waals surface area contributed by atoms with E-state index in [1.807, 2.05) is 30.3 Å². The van der Waals surface area contributed by atoms with E-state index < -0.39 is 17.6 Å². The lowest BCUT2D eigenvalue weighted by Crippen LogP contribution is -2.64. The fourth-order valence-corrected chi connectivity index (χ4v) is 2.41. The van der Waals surface area contributed by atoms with Gasteiger partial charge in [-0.25, -0.2) is 9.69 Å². The first-order valence-electron chi connectivity index (χ1n) is 7.64. The van der Waals surface area contributed by atoms with Gasteiger partial charge in [-0.05, 0) is 26.3 Å². The van der Waals surface area contributed by atoms with Crippen LogP contribution in [0.15, 0.2) is 43.0 Å². The highest BCUT2D eigenvalue weighted by atomic mass is 16.6. The van der Waals surface area contributed by atoms with E-state index in [2.05, 4.69) is 6.58 Å². The summed E-state index contributed by atoms with van der Waals surface area (Å²) in [6.45, 7) is 9.65. The standard InChI is InChI=1S/C18H23NO4/c1-5-14-15(12-22-11-13-9-7-6-8-10-13)19(16(14)20)17(21)23-18(2,3)4/h5-10,14-15H,1,11-12H2,2-4H3/t14-,15+/m1/s1. The van der Waals surface area contributed by atoms with E-state index in [0.717, 1.165) is 10.5 Å². The second kappa shape index (κ2) is 6.96. The highest BCUT2D eigenvalue weighted by Gasteiger charge is 2.50. The van der Waals surface area contributed by atoms with Crippen molar-refractivity contribution in [3.8, 4) is 0 Å². The van der Waals surface area contributed by atoms with Gasteiger partial charge < -0.3 is 9.47 Å². The maximum Gasteiger partial charge on any atom is 0.417 e. The van der Waals surface area contributed by atoms with E-state index in [0.29, 0.717) is 6.61 Å². The smallest absolute Gasteiger partial charge is 0.417 e. The van der Waals surface area contributed by atoms with E-state index in [9.17, 15) is 9.59 Å². The van der Waals surface area contributed by atoms with Crippen LogP contribution >= 0.6 is 0 Å². The average Bonchev–Trinajstić information content (AvgIpc) is 2.46.